The first-order chi connectivity index (χ1) is 9.51. The minimum atomic E-state index is -0.816. The van der Waals surface area contributed by atoms with Crippen molar-refractivity contribution in [1.29, 1.82) is 0 Å². The Morgan fingerprint density at radius 3 is 3.00 bits per heavy atom. The Morgan fingerprint density at radius 1 is 1.65 bits per heavy atom. The number of aliphatic carboxylic acids is 1. The van der Waals surface area contributed by atoms with Crippen LogP contribution in [0.5, 0.6) is 0 Å². The zero-order valence-electron chi connectivity index (χ0n) is 10.3. The first-order valence-electron chi connectivity index (χ1n) is 5.95. The van der Waals surface area contributed by atoms with E-state index in [9.17, 15) is 14.9 Å². The number of imidazole rings is 1. The van der Waals surface area contributed by atoms with Gasteiger partial charge < -0.3 is 15.2 Å². The minimum Gasteiger partial charge on any atom is -0.481 e. The molecule has 0 saturated heterocycles. The highest BCUT2D eigenvalue weighted by Gasteiger charge is 2.45. The van der Waals surface area contributed by atoms with Gasteiger partial charge in [0.05, 0.1) is 6.42 Å². The lowest BCUT2D eigenvalue weighted by Gasteiger charge is -2.10. The summed E-state index contributed by atoms with van der Waals surface area (Å²) in [5.41, 5.74) is -0.207. The van der Waals surface area contributed by atoms with E-state index in [-0.39, 0.29) is 17.7 Å². The zero-order valence-corrected chi connectivity index (χ0v) is 11.9. The summed E-state index contributed by atoms with van der Waals surface area (Å²) in [6, 6.07) is 0. The van der Waals surface area contributed by atoms with Gasteiger partial charge in [-0.05, 0) is 23.2 Å². The molecule has 0 amide bonds. The first-order valence-corrected chi connectivity index (χ1v) is 7.82. The number of hydrogen-bond donors (Lipinski definition) is 1. The molecule has 7 nitrogen and oxygen atoms in total. The molecule has 2 aromatic heterocycles. The van der Waals surface area contributed by atoms with Crippen LogP contribution in [0.15, 0.2) is 16.6 Å². The molecular weight excluding hydrogens is 302 g/mol. The number of nitrogens with zero attached hydrogens (tertiary/aromatic N) is 3. The van der Waals surface area contributed by atoms with E-state index >= 15 is 0 Å². The van der Waals surface area contributed by atoms with E-state index in [1.165, 1.54) is 27.5 Å². The Bertz CT molecular complexity index is 689. The van der Waals surface area contributed by atoms with Crippen molar-refractivity contribution in [2.45, 2.75) is 24.3 Å². The second-order valence-corrected chi connectivity index (χ2v) is 6.75. The van der Waals surface area contributed by atoms with Crippen molar-refractivity contribution in [2.24, 2.45) is 5.41 Å². The second-order valence-electron chi connectivity index (χ2n) is 4.91. The standard InChI is InChI=1S/C11H11N3O4S2/c15-7(16)5-11(1-2-11)6-20-8-9(14(17)18)13-3-4-19-10(13)12-8/h3-4H,1-2,5-6H2,(H,15,16). The van der Waals surface area contributed by atoms with Gasteiger partial charge in [-0.3, -0.25) is 4.79 Å². The van der Waals surface area contributed by atoms with Crippen molar-refractivity contribution in [2.75, 3.05) is 5.75 Å². The fraction of sp³-hybridized carbons (Fsp3) is 0.455. The van der Waals surface area contributed by atoms with Crippen molar-refractivity contribution in [3.63, 3.8) is 0 Å². The Balaban J connectivity index is 1.81. The Labute approximate surface area is 121 Å². The predicted molar refractivity (Wildman–Crippen MR) is 74.4 cm³/mol. The van der Waals surface area contributed by atoms with Gasteiger partial charge in [-0.25, -0.2) is 0 Å². The number of carboxylic acid groups (broad SMARTS) is 1. The van der Waals surface area contributed by atoms with E-state index in [0.29, 0.717) is 15.7 Å². The molecule has 20 heavy (non-hydrogen) atoms. The van der Waals surface area contributed by atoms with Crippen LogP contribution in [0.3, 0.4) is 0 Å². The molecule has 0 aromatic carbocycles. The fourth-order valence-corrected chi connectivity index (χ4v) is 4.16. The van der Waals surface area contributed by atoms with Gasteiger partial charge >= 0.3 is 11.8 Å². The van der Waals surface area contributed by atoms with Crippen LogP contribution in [0.1, 0.15) is 19.3 Å². The van der Waals surface area contributed by atoms with Crippen molar-refractivity contribution in [3.8, 4) is 0 Å². The molecule has 0 radical (unpaired) electrons. The number of aromatic nitrogens is 2. The molecule has 0 unspecified atom stereocenters. The summed E-state index contributed by atoms with van der Waals surface area (Å²) in [6.07, 6.45) is 3.47. The maximum atomic E-state index is 11.2. The van der Waals surface area contributed by atoms with E-state index in [1.54, 1.807) is 11.6 Å². The van der Waals surface area contributed by atoms with Crippen LogP contribution in [0.25, 0.3) is 4.96 Å². The highest BCUT2D eigenvalue weighted by Crippen LogP contribution is 2.52. The molecule has 0 spiro atoms. The summed E-state index contributed by atoms with van der Waals surface area (Å²) in [5, 5.41) is 22.1. The lowest BCUT2D eigenvalue weighted by Crippen LogP contribution is -2.11. The third kappa shape index (κ3) is 2.38. The van der Waals surface area contributed by atoms with Gasteiger partial charge in [0, 0.05) is 11.1 Å². The number of rotatable bonds is 6. The molecule has 0 atom stereocenters. The molecule has 1 saturated carbocycles. The summed E-state index contributed by atoms with van der Waals surface area (Å²) in [5.74, 6) is -0.286. The lowest BCUT2D eigenvalue weighted by atomic mass is 10.1. The van der Waals surface area contributed by atoms with Gasteiger partial charge in [-0.15, -0.1) is 0 Å². The average molecular weight is 313 g/mol. The maximum Gasteiger partial charge on any atom is 0.362 e. The number of hydrogen-bond acceptors (Lipinski definition) is 6. The van der Waals surface area contributed by atoms with Gasteiger partial charge in [0.25, 0.3) is 4.96 Å². The third-order valence-corrected chi connectivity index (χ3v) is 5.44. The average Bonchev–Trinajstić information content (AvgIpc) is 2.82. The summed E-state index contributed by atoms with van der Waals surface area (Å²) in [4.78, 5) is 26.4. The number of carbonyl (C=O) groups is 1. The summed E-state index contributed by atoms with van der Waals surface area (Å²) >= 11 is 2.63. The van der Waals surface area contributed by atoms with Crippen LogP contribution in [0, 0.1) is 15.5 Å². The van der Waals surface area contributed by atoms with Crippen LogP contribution < -0.4 is 0 Å². The number of nitro groups is 1. The molecule has 0 bridgehead atoms. The van der Waals surface area contributed by atoms with Crippen LogP contribution in [-0.2, 0) is 4.79 Å². The largest absolute Gasteiger partial charge is 0.481 e. The van der Waals surface area contributed by atoms with Crippen LogP contribution in [-0.4, -0.2) is 31.1 Å². The molecule has 1 aliphatic rings. The Hall–Kier alpha value is -1.61. The number of fused-ring (bicyclic) bond motifs is 1. The van der Waals surface area contributed by atoms with Crippen molar-refractivity contribution < 1.29 is 14.8 Å². The van der Waals surface area contributed by atoms with Gasteiger partial charge in [-0.1, -0.05) is 23.1 Å². The van der Waals surface area contributed by atoms with Crippen LogP contribution in [0.2, 0.25) is 0 Å². The zero-order chi connectivity index (χ0) is 14.3. The Kier molecular flexibility index (Phi) is 3.17. The fourth-order valence-electron chi connectivity index (χ4n) is 2.11. The Morgan fingerprint density at radius 2 is 2.40 bits per heavy atom. The third-order valence-electron chi connectivity index (χ3n) is 3.38. The van der Waals surface area contributed by atoms with Gasteiger partial charge in [-0.2, -0.15) is 9.38 Å². The number of carboxylic acids is 1. The molecule has 3 rings (SSSR count). The van der Waals surface area contributed by atoms with Gasteiger partial charge in [0.2, 0.25) is 0 Å². The lowest BCUT2D eigenvalue weighted by molar-refractivity contribution is -0.393. The monoisotopic (exact) mass is 313 g/mol. The van der Waals surface area contributed by atoms with E-state index in [2.05, 4.69) is 4.98 Å². The summed E-state index contributed by atoms with van der Waals surface area (Å²) in [7, 11) is 0. The van der Waals surface area contributed by atoms with Crippen molar-refractivity contribution in [1.82, 2.24) is 9.38 Å². The number of thiazole rings is 1. The maximum absolute atomic E-state index is 11.2. The van der Waals surface area contributed by atoms with E-state index in [0.717, 1.165) is 12.8 Å². The molecule has 0 aliphatic heterocycles. The van der Waals surface area contributed by atoms with Gasteiger partial charge in [0.1, 0.15) is 6.20 Å². The van der Waals surface area contributed by atoms with Gasteiger partial charge in [0.15, 0.2) is 5.03 Å². The predicted octanol–water partition coefficient (Wildman–Crippen LogP) is 2.65. The van der Waals surface area contributed by atoms with E-state index in [1.807, 2.05) is 0 Å². The molecule has 2 heterocycles. The molecule has 1 fully saturated rings. The number of thioether (sulfide) groups is 1. The van der Waals surface area contributed by atoms with Crippen molar-refractivity contribution in [3.05, 3.63) is 21.7 Å². The summed E-state index contributed by atoms with van der Waals surface area (Å²) in [6.45, 7) is 0. The topological polar surface area (TPSA) is 97.7 Å². The van der Waals surface area contributed by atoms with Crippen LogP contribution >= 0.6 is 23.1 Å². The molecule has 2 aromatic rings. The normalized spacial score (nSPS) is 16.4. The second kappa shape index (κ2) is 4.74. The quantitative estimate of drug-likeness (QED) is 0.500. The first kappa shape index (κ1) is 13.4. The highest BCUT2D eigenvalue weighted by atomic mass is 32.2. The van der Waals surface area contributed by atoms with Crippen LogP contribution in [0.4, 0.5) is 5.82 Å². The molecule has 106 valence electrons. The summed E-state index contributed by atoms with van der Waals surface area (Å²) < 4.78 is 1.46. The van der Waals surface area contributed by atoms with Crippen molar-refractivity contribution >= 4 is 39.8 Å². The molecule has 1 N–H and O–H groups in total. The smallest absolute Gasteiger partial charge is 0.362 e. The molecule has 1 aliphatic carbocycles. The minimum absolute atomic E-state index is 0.0302. The van der Waals surface area contributed by atoms with E-state index in [4.69, 9.17) is 5.11 Å². The SMILES string of the molecule is O=C(O)CC1(CSc2nc3sccn3c2[N+](=O)[O-])CC1. The van der Waals surface area contributed by atoms with E-state index < -0.39 is 10.9 Å². The highest BCUT2D eigenvalue weighted by molar-refractivity contribution is 7.99. The molecular formula is C11H11N3O4S2. The molecule has 9 heteroatoms.